The maximum absolute atomic E-state index is 8.22. The zero-order valence-electron chi connectivity index (χ0n) is 5.02. The largest absolute Gasteiger partial charge is 0.198 e. The first-order chi connectivity index (χ1) is 4.35. The number of nitrogens with zero attached hydrogens (tertiary/aromatic N) is 4. The third-order valence-electron chi connectivity index (χ3n) is 0.683. The second-order valence-electron chi connectivity index (χ2n) is 1.30. The van der Waals surface area contributed by atoms with E-state index in [1.807, 2.05) is 0 Å². The molecule has 4 nitrogen and oxygen atoms in total. The first-order valence-corrected chi connectivity index (χ1v) is 2.41. The van der Waals surface area contributed by atoms with Crippen molar-refractivity contribution in [1.82, 2.24) is 0 Å². The minimum atomic E-state index is -0.653. The Bertz CT molecular complexity index is 182. The third-order valence-corrected chi connectivity index (χ3v) is 0.683. The molecule has 0 spiro atoms. The highest BCUT2D eigenvalue weighted by Crippen LogP contribution is 1.90. The second-order valence-corrected chi connectivity index (χ2v) is 1.30. The van der Waals surface area contributed by atoms with E-state index in [0.717, 1.165) is 0 Å². The van der Waals surface area contributed by atoms with Crippen molar-refractivity contribution in [3.8, 4) is 6.07 Å². The first kappa shape index (κ1) is 7.54. The summed E-state index contributed by atoms with van der Waals surface area (Å²) in [5, 5.41) is 11.4. The molecule has 0 aliphatic rings. The summed E-state index contributed by atoms with van der Waals surface area (Å²) < 4.78 is 0. The number of rotatable bonds is 2. The van der Waals surface area contributed by atoms with Crippen LogP contribution in [0.1, 0.15) is 6.92 Å². The summed E-state index contributed by atoms with van der Waals surface area (Å²) >= 11 is 0. The summed E-state index contributed by atoms with van der Waals surface area (Å²) in [6, 6.07) is 1.14. The molecule has 0 saturated carbocycles. The van der Waals surface area contributed by atoms with E-state index in [4.69, 9.17) is 10.8 Å². The average Bonchev–Trinajstić information content (AvgIpc) is 1.88. The van der Waals surface area contributed by atoms with Crippen molar-refractivity contribution in [2.24, 2.45) is 5.11 Å². The van der Waals surface area contributed by atoms with Gasteiger partial charge in [0.05, 0.1) is 6.07 Å². The Kier molecular flexibility index (Phi) is 3.93. The van der Waals surface area contributed by atoms with Gasteiger partial charge < -0.3 is 0 Å². The molecule has 4 heteroatoms. The lowest BCUT2D eigenvalue weighted by Gasteiger charge is -1.85. The summed E-state index contributed by atoms with van der Waals surface area (Å²) in [5.74, 6) is 0. The lowest BCUT2D eigenvalue weighted by atomic mass is 10.3. The normalized spacial score (nSPS) is 12.0. The van der Waals surface area contributed by atoms with Crippen molar-refractivity contribution in [3.05, 3.63) is 22.6 Å². The quantitative estimate of drug-likeness (QED) is 0.238. The molecule has 0 N–H and O–H groups in total. The van der Waals surface area contributed by atoms with E-state index < -0.39 is 6.04 Å². The third kappa shape index (κ3) is 3.15. The maximum Gasteiger partial charge on any atom is 0.143 e. The Hall–Kier alpha value is -1.46. The van der Waals surface area contributed by atoms with Crippen LogP contribution >= 0.6 is 0 Å². The fourth-order valence-electron chi connectivity index (χ4n) is 0.345. The lowest BCUT2D eigenvalue weighted by molar-refractivity contribution is 1.02. The molecule has 0 heterocycles. The van der Waals surface area contributed by atoms with E-state index in [9.17, 15) is 0 Å². The molecule has 0 amide bonds. The molecule has 9 heavy (non-hydrogen) atoms. The fourth-order valence-corrected chi connectivity index (χ4v) is 0.345. The summed E-state index contributed by atoms with van der Waals surface area (Å²) in [6.07, 6.45) is 3.20. The van der Waals surface area contributed by atoms with Crippen LogP contribution < -0.4 is 0 Å². The van der Waals surface area contributed by atoms with E-state index in [1.54, 1.807) is 19.1 Å². The monoisotopic (exact) mass is 122 g/mol. The van der Waals surface area contributed by atoms with Crippen LogP contribution in [0.4, 0.5) is 0 Å². The summed E-state index contributed by atoms with van der Waals surface area (Å²) in [7, 11) is 0. The molecule has 0 aromatic rings. The Morgan fingerprint density at radius 2 is 2.56 bits per heavy atom. The van der Waals surface area contributed by atoms with Crippen molar-refractivity contribution in [1.29, 1.82) is 5.26 Å². The predicted molar refractivity (Wildman–Crippen MR) is 33.4 cm³/mol. The molecule has 0 bridgehead atoms. The molecule has 0 saturated heterocycles. The number of nitriles is 1. The van der Waals surface area contributed by atoms with E-state index in [0.29, 0.717) is 0 Å². The topological polar surface area (TPSA) is 72.5 Å². The van der Waals surface area contributed by atoms with Crippen molar-refractivity contribution < 1.29 is 0 Å². The van der Waals surface area contributed by atoms with Crippen LogP contribution in [0.25, 0.3) is 10.4 Å². The van der Waals surface area contributed by atoms with Gasteiger partial charge in [-0.25, -0.2) is 0 Å². The van der Waals surface area contributed by atoms with Crippen LogP contribution in [0.5, 0.6) is 0 Å². The minimum Gasteiger partial charge on any atom is -0.198 e. The SMILES string of the molecule is C/C=C/C(C#N)N=[N+]=[N-]. The Balaban J connectivity index is 4.03. The van der Waals surface area contributed by atoms with Crippen LogP contribution in [0, 0.1) is 11.3 Å². The highest BCUT2D eigenvalue weighted by molar-refractivity contribution is 5.05. The zero-order valence-corrected chi connectivity index (χ0v) is 5.02. The average molecular weight is 122 g/mol. The van der Waals surface area contributed by atoms with Crippen molar-refractivity contribution in [3.63, 3.8) is 0 Å². The van der Waals surface area contributed by atoms with Crippen molar-refractivity contribution in [2.75, 3.05) is 0 Å². The van der Waals surface area contributed by atoms with E-state index in [-0.39, 0.29) is 0 Å². The highest BCUT2D eigenvalue weighted by Gasteiger charge is 1.93. The van der Waals surface area contributed by atoms with Gasteiger partial charge in [-0.3, -0.25) is 0 Å². The van der Waals surface area contributed by atoms with Crippen molar-refractivity contribution >= 4 is 0 Å². The van der Waals surface area contributed by atoms with Gasteiger partial charge >= 0.3 is 0 Å². The molecule has 0 aliphatic heterocycles. The van der Waals surface area contributed by atoms with Crippen LogP contribution in [-0.2, 0) is 0 Å². The van der Waals surface area contributed by atoms with Gasteiger partial charge in [-0.2, -0.15) is 5.26 Å². The molecule has 0 aromatic carbocycles. The van der Waals surface area contributed by atoms with Gasteiger partial charge in [0.2, 0.25) is 0 Å². The molecule has 1 unspecified atom stereocenters. The Morgan fingerprint density at radius 1 is 1.89 bits per heavy atom. The van der Waals surface area contributed by atoms with Crippen LogP contribution in [-0.4, -0.2) is 6.04 Å². The molecule has 0 aliphatic carbocycles. The number of allylic oxidation sites excluding steroid dienone is 1. The number of hydrogen-bond donors (Lipinski definition) is 0. The fraction of sp³-hybridized carbons (Fsp3) is 0.400. The van der Waals surface area contributed by atoms with Gasteiger partial charge in [0, 0.05) is 4.91 Å². The minimum absolute atomic E-state index is 0.653. The van der Waals surface area contributed by atoms with Crippen LogP contribution in [0.3, 0.4) is 0 Å². The number of azide groups is 1. The molecule has 0 aromatic heterocycles. The highest BCUT2D eigenvalue weighted by atomic mass is 15.1. The number of hydrogen-bond acceptors (Lipinski definition) is 2. The summed E-state index contributed by atoms with van der Waals surface area (Å²) in [6.45, 7) is 1.76. The lowest BCUT2D eigenvalue weighted by Crippen LogP contribution is -1.90. The van der Waals surface area contributed by atoms with E-state index >= 15 is 0 Å². The van der Waals surface area contributed by atoms with Gasteiger partial charge in [-0.1, -0.05) is 17.3 Å². The second kappa shape index (κ2) is 4.69. The molecule has 0 fully saturated rings. The van der Waals surface area contributed by atoms with Crippen LogP contribution in [0.15, 0.2) is 17.3 Å². The summed E-state index contributed by atoms with van der Waals surface area (Å²) in [5.41, 5.74) is 7.87. The zero-order chi connectivity index (χ0) is 7.11. The van der Waals surface area contributed by atoms with Crippen molar-refractivity contribution in [2.45, 2.75) is 13.0 Å². The van der Waals surface area contributed by atoms with Crippen LogP contribution in [0.2, 0.25) is 0 Å². The smallest absolute Gasteiger partial charge is 0.143 e. The van der Waals surface area contributed by atoms with Gasteiger partial charge in [-0.05, 0) is 12.5 Å². The molecule has 0 radical (unpaired) electrons. The van der Waals surface area contributed by atoms with E-state index in [1.165, 1.54) is 6.08 Å². The molecule has 0 rings (SSSR count). The molecule has 46 valence electrons. The van der Waals surface area contributed by atoms with E-state index in [2.05, 4.69) is 10.0 Å². The first-order valence-electron chi connectivity index (χ1n) is 2.41. The maximum atomic E-state index is 8.22. The van der Waals surface area contributed by atoms with Gasteiger partial charge in [-0.15, -0.1) is 0 Å². The Labute approximate surface area is 53.0 Å². The predicted octanol–water partition coefficient (Wildman–Crippen LogP) is 1.76. The molecular formula is C5H6N4. The van der Waals surface area contributed by atoms with Gasteiger partial charge in [0.15, 0.2) is 0 Å². The standard InChI is InChI=1S/C5H6N4/c1-2-3-5(4-6)8-9-7/h2-3,5H,1H3/b3-2+. The Morgan fingerprint density at radius 3 is 2.89 bits per heavy atom. The summed E-state index contributed by atoms with van der Waals surface area (Å²) in [4.78, 5) is 2.48. The molecule has 1 atom stereocenters. The van der Waals surface area contributed by atoms with Gasteiger partial charge in [0.25, 0.3) is 0 Å². The molecular weight excluding hydrogens is 116 g/mol. The van der Waals surface area contributed by atoms with Gasteiger partial charge in [0.1, 0.15) is 6.04 Å².